The highest BCUT2D eigenvalue weighted by atomic mass is 32.2. The van der Waals surface area contributed by atoms with Gasteiger partial charge in [0.15, 0.2) is 0 Å². The van der Waals surface area contributed by atoms with E-state index in [1.807, 2.05) is 25.1 Å². The van der Waals surface area contributed by atoms with Gasteiger partial charge in [-0.1, -0.05) is 30.0 Å². The fourth-order valence-corrected chi connectivity index (χ4v) is 4.24. The molecule has 1 aliphatic rings. The van der Waals surface area contributed by atoms with Crippen LogP contribution in [-0.4, -0.2) is 12.6 Å². The van der Waals surface area contributed by atoms with Gasteiger partial charge in [-0.3, -0.25) is 0 Å². The average Bonchev–Trinajstić information content (AvgIpc) is 2.72. The minimum atomic E-state index is -0.244. The van der Waals surface area contributed by atoms with E-state index in [1.54, 1.807) is 11.3 Å². The van der Waals surface area contributed by atoms with Gasteiger partial charge in [0.1, 0.15) is 0 Å². The lowest BCUT2D eigenvalue weighted by Gasteiger charge is -2.07. The number of aryl methyl sites for hydroxylation is 1. The van der Waals surface area contributed by atoms with Crippen molar-refractivity contribution in [3.05, 3.63) is 45.0 Å². The van der Waals surface area contributed by atoms with Crippen LogP contribution in [0.25, 0.3) is 17.2 Å². The van der Waals surface area contributed by atoms with Crippen LogP contribution in [-0.2, 0) is 9.53 Å². The van der Waals surface area contributed by atoms with Gasteiger partial charge in [-0.05, 0) is 37.6 Å². The summed E-state index contributed by atoms with van der Waals surface area (Å²) in [6.07, 6.45) is 1.95. The van der Waals surface area contributed by atoms with Crippen LogP contribution in [0.5, 0.6) is 0 Å². The molecule has 20 heavy (non-hydrogen) atoms. The Kier molecular flexibility index (Phi) is 3.68. The lowest BCUT2D eigenvalue weighted by Crippen LogP contribution is -2.04. The molecule has 1 aliphatic heterocycles. The topological polar surface area (TPSA) is 26.3 Å². The molecule has 0 fully saturated rings. The quantitative estimate of drug-likeness (QED) is 0.750. The van der Waals surface area contributed by atoms with E-state index in [4.69, 9.17) is 4.74 Å². The molecule has 1 aromatic carbocycles. The number of esters is 1. The molecule has 0 radical (unpaired) electrons. The molecule has 0 saturated carbocycles. The number of hydrogen-bond donors (Lipinski definition) is 0. The Labute approximate surface area is 126 Å². The Morgan fingerprint density at radius 1 is 1.25 bits per heavy atom. The number of benzene rings is 1. The number of thiophene rings is 1. The molecule has 2 nitrogen and oxygen atoms in total. The molecule has 0 aliphatic carbocycles. The molecule has 2 heterocycles. The van der Waals surface area contributed by atoms with Crippen LogP contribution in [0, 0.1) is 6.92 Å². The van der Waals surface area contributed by atoms with Gasteiger partial charge < -0.3 is 4.74 Å². The lowest BCUT2D eigenvalue weighted by atomic mass is 10.1. The largest absolute Gasteiger partial charge is 0.462 e. The summed E-state index contributed by atoms with van der Waals surface area (Å²) >= 11 is 3.20. The summed E-state index contributed by atoms with van der Waals surface area (Å²) in [5.74, 6) is -0.244. The van der Waals surface area contributed by atoms with Gasteiger partial charge in [-0.2, -0.15) is 0 Å². The van der Waals surface area contributed by atoms with E-state index >= 15 is 0 Å². The van der Waals surface area contributed by atoms with Gasteiger partial charge in [0.25, 0.3) is 0 Å². The summed E-state index contributed by atoms with van der Waals surface area (Å²) in [6, 6.07) is 10.4. The van der Waals surface area contributed by atoms with E-state index in [0.717, 1.165) is 9.77 Å². The van der Waals surface area contributed by atoms with Gasteiger partial charge in [-0.15, -0.1) is 11.3 Å². The minimum Gasteiger partial charge on any atom is -0.462 e. The van der Waals surface area contributed by atoms with Crippen molar-refractivity contribution >= 4 is 35.1 Å². The maximum atomic E-state index is 12.1. The van der Waals surface area contributed by atoms with Crippen molar-refractivity contribution < 1.29 is 9.53 Å². The van der Waals surface area contributed by atoms with Gasteiger partial charge >= 0.3 is 5.97 Å². The van der Waals surface area contributed by atoms with Crippen molar-refractivity contribution in [2.45, 2.75) is 18.7 Å². The zero-order valence-electron chi connectivity index (χ0n) is 11.3. The predicted octanol–water partition coefficient (Wildman–Crippen LogP) is 4.73. The van der Waals surface area contributed by atoms with Crippen LogP contribution in [0.4, 0.5) is 0 Å². The van der Waals surface area contributed by atoms with E-state index in [0.29, 0.717) is 11.5 Å². The molecule has 0 atom stereocenters. The average molecular weight is 302 g/mol. The predicted molar refractivity (Wildman–Crippen MR) is 85.0 cm³/mol. The molecule has 4 heteroatoms. The van der Waals surface area contributed by atoms with E-state index in [-0.39, 0.29) is 5.97 Å². The third-order valence-corrected chi connectivity index (χ3v) is 5.10. The highest BCUT2D eigenvalue weighted by Crippen LogP contribution is 2.44. The zero-order chi connectivity index (χ0) is 14.1. The lowest BCUT2D eigenvalue weighted by molar-refractivity contribution is -0.137. The van der Waals surface area contributed by atoms with Gasteiger partial charge in [0.2, 0.25) is 0 Å². The molecule has 0 saturated heterocycles. The second-order valence-electron chi connectivity index (χ2n) is 4.46. The standard InChI is InChI=1S/C16H14O2S2/c1-3-18-16(17)15-9-14-12(8-10(2)19-14)11-6-4-5-7-13(11)20-15/h4-9H,3H2,1-2H3. The van der Waals surface area contributed by atoms with E-state index in [1.165, 1.54) is 27.8 Å². The van der Waals surface area contributed by atoms with Crippen LogP contribution >= 0.6 is 23.1 Å². The maximum Gasteiger partial charge on any atom is 0.345 e. The molecule has 0 bridgehead atoms. The Bertz CT molecular complexity index is 698. The molecule has 2 aromatic rings. The maximum absolute atomic E-state index is 12.1. The molecule has 0 N–H and O–H groups in total. The number of rotatable bonds is 2. The van der Waals surface area contributed by atoms with E-state index in [9.17, 15) is 4.79 Å². The fourth-order valence-electron chi connectivity index (χ4n) is 2.20. The molecular weight excluding hydrogens is 288 g/mol. The van der Waals surface area contributed by atoms with Crippen molar-refractivity contribution in [3.8, 4) is 11.1 Å². The monoisotopic (exact) mass is 302 g/mol. The second kappa shape index (κ2) is 5.46. The molecule has 0 spiro atoms. The van der Waals surface area contributed by atoms with Crippen molar-refractivity contribution in [1.82, 2.24) is 0 Å². The van der Waals surface area contributed by atoms with Crippen molar-refractivity contribution in [3.63, 3.8) is 0 Å². The highest BCUT2D eigenvalue weighted by molar-refractivity contribution is 8.04. The molecule has 0 unspecified atom stereocenters. The smallest absolute Gasteiger partial charge is 0.345 e. The third-order valence-electron chi connectivity index (χ3n) is 3.02. The first-order valence-corrected chi connectivity index (χ1v) is 8.09. The number of ether oxygens (including phenoxy) is 1. The van der Waals surface area contributed by atoms with Crippen LogP contribution in [0.15, 0.2) is 40.1 Å². The van der Waals surface area contributed by atoms with Crippen molar-refractivity contribution in [2.24, 2.45) is 0 Å². The first-order chi connectivity index (χ1) is 9.69. The van der Waals surface area contributed by atoms with E-state index in [2.05, 4.69) is 25.1 Å². The van der Waals surface area contributed by atoms with Gasteiger partial charge in [-0.25, -0.2) is 4.79 Å². The number of fused-ring (bicyclic) bond motifs is 3. The van der Waals surface area contributed by atoms with Crippen molar-refractivity contribution in [1.29, 1.82) is 0 Å². The number of thioether (sulfide) groups is 1. The molecule has 3 rings (SSSR count). The third kappa shape index (κ3) is 2.41. The first-order valence-electron chi connectivity index (χ1n) is 6.45. The summed E-state index contributed by atoms with van der Waals surface area (Å²) in [7, 11) is 0. The van der Waals surface area contributed by atoms with Crippen LogP contribution in [0.3, 0.4) is 0 Å². The van der Waals surface area contributed by atoms with Crippen LogP contribution in [0.2, 0.25) is 0 Å². The van der Waals surface area contributed by atoms with Gasteiger partial charge in [0, 0.05) is 20.2 Å². The second-order valence-corrected chi connectivity index (χ2v) is 6.83. The molecular formula is C16H14O2S2. The number of carbonyl (C=O) groups excluding carboxylic acids is 1. The Hall–Kier alpha value is -1.52. The SMILES string of the molecule is CCOC(=O)C1=Cc2sc(C)cc2-c2ccccc2S1. The summed E-state index contributed by atoms with van der Waals surface area (Å²) in [5.41, 5.74) is 2.39. The zero-order valence-corrected chi connectivity index (χ0v) is 12.9. The Morgan fingerprint density at radius 2 is 2.05 bits per heavy atom. The highest BCUT2D eigenvalue weighted by Gasteiger charge is 2.21. The minimum absolute atomic E-state index is 0.244. The normalized spacial score (nSPS) is 13.0. The van der Waals surface area contributed by atoms with Crippen LogP contribution in [0.1, 0.15) is 16.7 Å². The van der Waals surface area contributed by atoms with Crippen molar-refractivity contribution in [2.75, 3.05) is 6.61 Å². The summed E-state index contributed by atoms with van der Waals surface area (Å²) in [5, 5.41) is 0. The molecule has 1 aromatic heterocycles. The summed E-state index contributed by atoms with van der Waals surface area (Å²) < 4.78 is 5.15. The summed E-state index contributed by atoms with van der Waals surface area (Å²) in [6.45, 7) is 4.32. The van der Waals surface area contributed by atoms with Crippen LogP contribution < -0.4 is 0 Å². The molecule has 0 amide bonds. The Morgan fingerprint density at radius 3 is 2.85 bits per heavy atom. The van der Waals surface area contributed by atoms with Gasteiger partial charge in [0.05, 0.1) is 11.5 Å². The number of carbonyl (C=O) groups is 1. The number of hydrogen-bond acceptors (Lipinski definition) is 4. The molecule has 102 valence electrons. The first kappa shape index (κ1) is 13.5. The Balaban J connectivity index is 2.16. The summed E-state index contributed by atoms with van der Waals surface area (Å²) in [4.78, 5) is 16.2. The fraction of sp³-hybridized carbons (Fsp3) is 0.188. The van der Waals surface area contributed by atoms with E-state index < -0.39 is 0 Å².